The molecule has 1 N–H and O–H groups in total. The number of likely N-dealkylation sites (N-methyl/N-ethyl adjacent to an activating group) is 1. The summed E-state index contributed by atoms with van der Waals surface area (Å²) in [6, 6.07) is 4.91. The maximum Gasteiger partial charge on any atom is 0.293 e. The Morgan fingerprint density at radius 2 is 2.20 bits per heavy atom. The van der Waals surface area contributed by atoms with E-state index in [0.29, 0.717) is 30.1 Å². The SMILES string of the molecule is CCC(C)N(C)CCNc1ccc(C=O)cc1[N+](=O)[O-]. The molecule has 0 bridgehead atoms. The molecular weight excluding hydrogens is 258 g/mol. The number of nitro groups is 1. The lowest BCUT2D eigenvalue weighted by atomic mass is 10.2. The minimum absolute atomic E-state index is 0.0687. The normalized spacial score (nSPS) is 12.2. The average molecular weight is 279 g/mol. The molecule has 0 heterocycles. The van der Waals surface area contributed by atoms with Crippen molar-refractivity contribution in [3.8, 4) is 0 Å². The predicted octanol–water partition coefficient (Wildman–Crippen LogP) is 2.55. The summed E-state index contributed by atoms with van der Waals surface area (Å²) in [4.78, 5) is 23.3. The van der Waals surface area contributed by atoms with E-state index in [9.17, 15) is 14.9 Å². The van der Waals surface area contributed by atoms with Crippen molar-refractivity contribution in [2.45, 2.75) is 26.3 Å². The number of carbonyl (C=O) groups is 1. The van der Waals surface area contributed by atoms with Gasteiger partial charge in [0, 0.05) is 30.8 Å². The molecule has 6 heteroatoms. The van der Waals surface area contributed by atoms with E-state index in [1.165, 1.54) is 6.07 Å². The van der Waals surface area contributed by atoms with E-state index in [2.05, 4.69) is 24.1 Å². The van der Waals surface area contributed by atoms with E-state index in [1.54, 1.807) is 12.1 Å². The number of nitrogens with one attached hydrogen (secondary N) is 1. The van der Waals surface area contributed by atoms with Gasteiger partial charge in [0.15, 0.2) is 0 Å². The summed E-state index contributed by atoms with van der Waals surface area (Å²) in [7, 11) is 2.03. The molecule has 1 aromatic carbocycles. The summed E-state index contributed by atoms with van der Waals surface area (Å²) in [6.45, 7) is 5.67. The first kappa shape index (κ1) is 16.1. The minimum atomic E-state index is -0.478. The van der Waals surface area contributed by atoms with E-state index in [-0.39, 0.29) is 5.69 Å². The van der Waals surface area contributed by atoms with Crippen molar-refractivity contribution in [3.63, 3.8) is 0 Å². The fraction of sp³-hybridized carbons (Fsp3) is 0.500. The number of nitrogens with zero attached hydrogens (tertiary/aromatic N) is 2. The molecule has 0 aromatic heterocycles. The molecule has 0 saturated carbocycles. The molecule has 1 aromatic rings. The molecule has 6 nitrogen and oxygen atoms in total. The first-order valence-corrected chi connectivity index (χ1v) is 6.67. The highest BCUT2D eigenvalue weighted by Crippen LogP contribution is 2.24. The van der Waals surface area contributed by atoms with Gasteiger partial charge in [0.2, 0.25) is 0 Å². The maximum absolute atomic E-state index is 11.0. The van der Waals surface area contributed by atoms with Crippen LogP contribution >= 0.6 is 0 Å². The molecule has 0 spiro atoms. The van der Waals surface area contributed by atoms with Crippen molar-refractivity contribution in [3.05, 3.63) is 33.9 Å². The van der Waals surface area contributed by atoms with Crippen molar-refractivity contribution in [1.82, 2.24) is 4.90 Å². The van der Waals surface area contributed by atoms with Crippen LogP contribution in [0.2, 0.25) is 0 Å². The van der Waals surface area contributed by atoms with Crippen LogP contribution in [0.25, 0.3) is 0 Å². The Morgan fingerprint density at radius 1 is 1.50 bits per heavy atom. The summed E-state index contributed by atoms with van der Waals surface area (Å²) in [5.41, 5.74) is 0.679. The molecule has 0 fully saturated rings. The zero-order chi connectivity index (χ0) is 15.1. The minimum Gasteiger partial charge on any atom is -0.378 e. The number of benzene rings is 1. The molecule has 0 saturated heterocycles. The van der Waals surface area contributed by atoms with Crippen LogP contribution in [0.5, 0.6) is 0 Å². The van der Waals surface area contributed by atoms with E-state index in [0.717, 1.165) is 13.0 Å². The second-order valence-electron chi connectivity index (χ2n) is 4.82. The van der Waals surface area contributed by atoms with Crippen LogP contribution in [0.3, 0.4) is 0 Å². The molecule has 0 aliphatic carbocycles. The predicted molar refractivity (Wildman–Crippen MR) is 79.4 cm³/mol. The lowest BCUT2D eigenvalue weighted by Gasteiger charge is -2.23. The smallest absolute Gasteiger partial charge is 0.293 e. The number of carbonyl (C=O) groups excluding carboxylic acids is 1. The van der Waals surface area contributed by atoms with Crippen LogP contribution in [0.4, 0.5) is 11.4 Å². The quantitative estimate of drug-likeness (QED) is 0.449. The van der Waals surface area contributed by atoms with Crippen molar-refractivity contribution in [1.29, 1.82) is 0 Å². The topological polar surface area (TPSA) is 75.5 Å². The van der Waals surface area contributed by atoms with Gasteiger partial charge < -0.3 is 10.2 Å². The zero-order valence-electron chi connectivity index (χ0n) is 12.1. The monoisotopic (exact) mass is 279 g/mol. The van der Waals surface area contributed by atoms with Gasteiger partial charge in [0.1, 0.15) is 12.0 Å². The highest BCUT2D eigenvalue weighted by molar-refractivity contribution is 5.79. The highest BCUT2D eigenvalue weighted by atomic mass is 16.6. The fourth-order valence-electron chi connectivity index (χ4n) is 1.82. The Labute approximate surface area is 118 Å². The van der Waals surface area contributed by atoms with Gasteiger partial charge in [-0.25, -0.2) is 0 Å². The van der Waals surface area contributed by atoms with Crippen molar-refractivity contribution in [2.24, 2.45) is 0 Å². The van der Waals surface area contributed by atoms with Crippen molar-refractivity contribution in [2.75, 3.05) is 25.5 Å². The molecule has 0 aliphatic rings. The largest absolute Gasteiger partial charge is 0.378 e. The number of hydrogen-bond acceptors (Lipinski definition) is 5. The molecule has 1 rings (SSSR count). The van der Waals surface area contributed by atoms with Crippen molar-refractivity contribution < 1.29 is 9.72 Å². The third-order valence-electron chi connectivity index (χ3n) is 3.48. The third kappa shape index (κ3) is 4.31. The molecular formula is C14H21N3O3. The van der Waals surface area contributed by atoms with Gasteiger partial charge in [-0.3, -0.25) is 14.9 Å². The summed E-state index contributed by atoms with van der Waals surface area (Å²) >= 11 is 0. The number of anilines is 1. The highest BCUT2D eigenvalue weighted by Gasteiger charge is 2.14. The molecule has 1 atom stereocenters. The van der Waals surface area contributed by atoms with Crippen LogP contribution in [-0.4, -0.2) is 42.3 Å². The second-order valence-corrected chi connectivity index (χ2v) is 4.82. The van der Waals surface area contributed by atoms with Gasteiger partial charge in [0.05, 0.1) is 4.92 Å². The number of nitro benzene ring substituents is 1. The summed E-state index contributed by atoms with van der Waals surface area (Å²) in [6.07, 6.45) is 1.66. The Bertz CT molecular complexity index is 477. The lowest BCUT2D eigenvalue weighted by Crippen LogP contribution is -2.32. The van der Waals surface area contributed by atoms with Gasteiger partial charge in [-0.05, 0) is 32.5 Å². The number of aldehydes is 1. The Morgan fingerprint density at radius 3 is 2.75 bits per heavy atom. The van der Waals surface area contributed by atoms with Gasteiger partial charge in [-0.15, -0.1) is 0 Å². The number of hydrogen-bond donors (Lipinski definition) is 1. The van der Waals surface area contributed by atoms with E-state index in [4.69, 9.17) is 0 Å². The van der Waals surface area contributed by atoms with Crippen molar-refractivity contribution >= 4 is 17.7 Å². The maximum atomic E-state index is 11.0. The Kier molecular flexibility index (Phi) is 6.11. The second kappa shape index (κ2) is 7.59. The van der Waals surface area contributed by atoms with Crippen LogP contribution in [-0.2, 0) is 0 Å². The lowest BCUT2D eigenvalue weighted by molar-refractivity contribution is -0.384. The van der Waals surface area contributed by atoms with E-state index >= 15 is 0 Å². The summed E-state index contributed by atoms with van der Waals surface area (Å²) in [5.74, 6) is 0. The molecule has 1 unspecified atom stereocenters. The van der Waals surface area contributed by atoms with Gasteiger partial charge >= 0.3 is 0 Å². The van der Waals surface area contributed by atoms with E-state index in [1.807, 2.05) is 7.05 Å². The van der Waals surface area contributed by atoms with Crippen LogP contribution < -0.4 is 5.32 Å². The first-order chi connectivity index (χ1) is 9.49. The molecule has 0 aliphatic heterocycles. The summed E-state index contributed by atoms with van der Waals surface area (Å²) < 4.78 is 0. The van der Waals surface area contributed by atoms with Gasteiger partial charge in [-0.1, -0.05) is 6.92 Å². The molecule has 0 amide bonds. The first-order valence-electron chi connectivity index (χ1n) is 6.67. The molecule has 110 valence electrons. The summed E-state index contributed by atoms with van der Waals surface area (Å²) in [5, 5.41) is 14.0. The fourth-order valence-corrected chi connectivity index (χ4v) is 1.82. The van der Waals surface area contributed by atoms with Crippen LogP contribution in [0.15, 0.2) is 18.2 Å². The van der Waals surface area contributed by atoms with Gasteiger partial charge in [0.25, 0.3) is 5.69 Å². The average Bonchev–Trinajstić information content (AvgIpc) is 2.46. The molecule has 0 radical (unpaired) electrons. The third-order valence-corrected chi connectivity index (χ3v) is 3.48. The van der Waals surface area contributed by atoms with Crippen LogP contribution in [0, 0.1) is 10.1 Å². The van der Waals surface area contributed by atoms with Gasteiger partial charge in [-0.2, -0.15) is 0 Å². The number of rotatable bonds is 8. The standard InChI is InChI=1S/C14H21N3O3/c1-4-11(2)16(3)8-7-15-13-6-5-12(10-18)9-14(13)17(19)20/h5-6,9-11,15H,4,7-8H2,1-3H3. The van der Waals surface area contributed by atoms with E-state index < -0.39 is 4.92 Å². The van der Waals surface area contributed by atoms with Crippen LogP contribution in [0.1, 0.15) is 30.6 Å². The Balaban J connectivity index is 2.68. The zero-order valence-corrected chi connectivity index (χ0v) is 12.1. The molecule has 20 heavy (non-hydrogen) atoms. The Hall–Kier alpha value is -1.95.